The summed E-state index contributed by atoms with van der Waals surface area (Å²) >= 11 is 3.51. The van der Waals surface area contributed by atoms with E-state index in [0.29, 0.717) is 11.8 Å². The molecule has 1 saturated carbocycles. The molecule has 0 aromatic heterocycles. The van der Waals surface area contributed by atoms with Crippen LogP contribution in [-0.2, 0) is 4.74 Å². The smallest absolute Gasteiger partial charge is 0.414 e. The molecule has 1 amide bonds. The molecule has 0 bridgehead atoms. The van der Waals surface area contributed by atoms with Crippen LogP contribution < -0.4 is 4.90 Å². The van der Waals surface area contributed by atoms with E-state index < -0.39 is 5.60 Å². The van der Waals surface area contributed by atoms with Crippen molar-refractivity contribution >= 4 is 27.7 Å². The predicted octanol–water partition coefficient (Wildman–Crippen LogP) is 4.31. The van der Waals surface area contributed by atoms with Gasteiger partial charge in [-0.1, -0.05) is 15.9 Å². The van der Waals surface area contributed by atoms with Crippen molar-refractivity contribution in [3.05, 3.63) is 28.2 Å². The average Bonchev–Trinajstić information content (AvgIpc) is 3.04. The van der Waals surface area contributed by atoms with Gasteiger partial charge in [0.1, 0.15) is 5.60 Å². The fourth-order valence-electron chi connectivity index (χ4n) is 2.72. The van der Waals surface area contributed by atoms with Crippen molar-refractivity contribution in [1.82, 2.24) is 0 Å². The zero-order valence-electron chi connectivity index (χ0n) is 11.4. The number of halogens is 1. The molecule has 0 saturated heterocycles. The molecular weight excluding hydrogens is 306 g/mol. The van der Waals surface area contributed by atoms with Crippen LogP contribution in [0.2, 0.25) is 0 Å². The highest BCUT2D eigenvalue weighted by molar-refractivity contribution is 9.10. The number of carbonyl (C=O) groups excluding carboxylic acids is 1. The molecule has 0 radical (unpaired) electrons. The van der Waals surface area contributed by atoms with Gasteiger partial charge in [0, 0.05) is 11.0 Å². The Bertz CT molecular complexity index is 535. The van der Waals surface area contributed by atoms with Gasteiger partial charge < -0.3 is 4.74 Å². The molecule has 1 fully saturated rings. The molecule has 1 aromatic carbocycles. The summed E-state index contributed by atoms with van der Waals surface area (Å²) in [7, 11) is 0. The van der Waals surface area contributed by atoms with E-state index in [-0.39, 0.29) is 6.09 Å². The lowest BCUT2D eigenvalue weighted by atomic mass is 10.0. The summed E-state index contributed by atoms with van der Waals surface area (Å²) in [4.78, 5) is 14.1. The van der Waals surface area contributed by atoms with Crippen LogP contribution in [0.4, 0.5) is 10.5 Å². The lowest BCUT2D eigenvalue weighted by Gasteiger charge is -2.31. The van der Waals surface area contributed by atoms with Crippen molar-refractivity contribution in [2.45, 2.75) is 38.7 Å². The highest BCUT2D eigenvalue weighted by atomic mass is 79.9. The molecule has 0 spiro atoms. The fourth-order valence-corrected chi connectivity index (χ4v) is 3.10. The molecule has 4 heteroatoms. The lowest BCUT2D eigenvalue weighted by Crippen LogP contribution is -2.40. The summed E-state index contributed by atoms with van der Waals surface area (Å²) in [5.74, 6) is 1.24. The topological polar surface area (TPSA) is 29.5 Å². The van der Waals surface area contributed by atoms with Crippen LogP contribution >= 0.6 is 15.9 Å². The van der Waals surface area contributed by atoms with Gasteiger partial charge >= 0.3 is 6.09 Å². The zero-order chi connectivity index (χ0) is 13.8. The molecule has 1 heterocycles. The normalized spacial score (nSPS) is 24.5. The van der Waals surface area contributed by atoms with Crippen molar-refractivity contribution in [1.29, 1.82) is 0 Å². The first-order valence-corrected chi connectivity index (χ1v) is 7.44. The summed E-state index contributed by atoms with van der Waals surface area (Å²) in [6.45, 7) is 6.49. The SMILES string of the molecule is CC(C)(C)OC(=O)N1CC2CC2c2cc(Br)ccc21. The summed E-state index contributed by atoms with van der Waals surface area (Å²) in [5, 5.41) is 0. The monoisotopic (exact) mass is 323 g/mol. The van der Waals surface area contributed by atoms with Gasteiger partial charge in [-0.2, -0.15) is 0 Å². The van der Waals surface area contributed by atoms with E-state index in [0.717, 1.165) is 16.7 Å². The number of benzene rings is 1. The molecule has 1 aromatic rings. The molecule has 3 rings (SSSR count). The number of ether oxygens (including phenoxy) is 1. The summed E-state index contributed by atoms with van der Waals surface area (Å²) in [5.41, 5.74) is 1.83. The molecular formula is C15H18BrNO2. The maximum absolute atomic E-state index is 12.3. The largest absolute Gasteiger partial charge is 0.443 e. The number of hydrogen-bond donors (Lipinski definition) is 0. The third-order valence-electron chi connectivity index (χ3n) is 3.63. The van der Waals surface area contributed by atoms with Gasteiger partial charge in [-0.15, -0.1) is 0 Å². The Kier molecular flexibility index (Phi) is 2.89. The van der Waals surface area contributed by atoms with Crippen molar-refractivity contribution in [2.75, 3.05) is 11.4 Å². The van der Waals surface area contributed by atoms with Crippen molar-refractivity contribution in [3.63, 3.8) is 0 Å². The first-order valence-electron chi connectivity index (χ1n) is 6.65. The highest BCUT2D eigenvalue weighted by Gasteiger charge is 2.47. The van der Waals surface area contributed by atoms with Gasteiger partial charge in [-0.3, -0.25) is 4.90 Å². The van der Waals surface area contributed by atoms with Gasteiger partial charge in [-0.25, -0.2) is 4.79 Å². The summed E-state index contributed by atoms with van der Waals surface area (Å²) in [6.07, 6.45) is 0.948. The van der Waals surface area contributed by atoms with Gasteiger partial charge in [-0.05, 0) is 62.8 Å². The average molecular weight is 324 g/mol. The number of anilines is 1. The Hall–Kier alpha value is -1.03. The Morgan fingerprint density at radius 1 is 1.42 bits per heavy atom. The predicted molar refractivity (Wildman–Crippen MR) is 78.6 cm³/mol. The number of hydrogen-bond acceptors (Lipinski definition) is 2. The third kappa shape index (κ3) is 2.50. The quantitative estimate of drug-likeness (QED) is 0.712. The Morgan fingerprint density at radius 3 is 2.84 bits per heavy atom. The van der Waals surface area contributed by atoms with Crippen molar-refractivity contribution in [2.24, 2.45) is 5.92 Å². The zero-order valence-corrected chi connectivity index (χ0v) is 13.0. The maximum atomic E-state index is 12.3. The molecule has 19 heavy (non-hydrogen) atoms. The van der Waals surface area contributed by atoms with Gasteiger partial charge in [0.15, 0.2) is 0 Å². The lowest BCUT2D eigenvalue weighted by molar-refractivity contribution is 0.0576. The van der Waals surface area contributed by atoms with E-state index in [1.165, 1.54) is 12.0 Å². The number of rotatable bonds is 0. The van der Waals surface area contributed by atoms with Crippen LogP contribution in [0.15, 0.2) is 22.7 Å². The number of amides is 1. The van der Waals surface area contributed by atoms with Crippen LogP contribution in [0.3, 0.4) is 0 Å². The molecule has 2 aliphatic rings. The highest BCUT2D eigenvalue weighted by Crippen LogP contribution is 2.55. The number of nitrogens with zero attached hydrogens (tertiary/aromatic N) is 1. The van der Waals surface area contributed by atoms with Crippen LogP contribution in [0, 0.1) is 5.92 Å². The van der Waals surface area contributed by atoms with E-state index in [9.17, 15) is 4.79 Å². The molecule has 0 N–H and O–H groups in total. The molecule has 1 aliphatic carbocycles. The molecule has 2 unspecified atom stereocenters. The molecule has 102 valence electrons. The first-order chi connectivity index (χ1) is 8.85. The minimum absolute atomic E-state index is 0.235. The van der Waals surface area contributed by atoms with Crippen LogP contribution in [0.25, 0.3) is 0 Å². The van der Waals surface area contributed by atoms with Crippen molar-refractivity contribution in [3.8, 4) is 0 Å². The van der Waals surface area contributed by atoms with E-state index in [1.807, 2.05) is 32.9 Å². The van der Waals surface area contributed by atoms with E-state index >= 15 is 0 Å². The van der Waals surface area contributed by atoms with Crippen LogP contribution in [-0.4, -0.2) is 18.2 Å². The Morgan fingerprint density at radius 2 is 2.16 bits per heavy atom. The Labute approximate surface area is 122 Å². The minimum atomic E-state index is -0.451. The number of fused-ring (bicyclic) bond motifs is 3. The summed E-state index contributed by atoms with van der Waals surface area (Å²) < 4.78 is 6.58. The Balaban J connectivity index is 1.91. The van der Waals surface area contributed by atoms with Gasteiger partial charge in [0.25, 0.3) is 0 Å². The summed E-state index contributed by atoms with van der Waals surface area (Å²) in [6, 6.07) is 6.13. The van der Waals surface area contributed by atoms with Crippen LogP contribution in [0.5, 0.6) is 0 Å². The van der Waals surface area contributed by atoms with E-state index in [2.05, 4.69) is 22.0 Å². The number of carbonyl (C=O) groups is 1. The second-order valence-electron chi connectivity index (χ2n) is 6.40. The fraction of sp³-hybridized carbons (Fsp3) is 0.533. The van der Waals surface area contributed by atoms with Gasteiger partial charge in [0.05, 0.1) is 5.69 Å². The maximum Gasteiger partial charge on any atom is 0.414 e. The van der Waals surface area contributed by atoms with E-state index in [4.69, 9.17) is 4.74 Å². The minimum Gasteiger partial charge on any atom is -0.443 e. The molecule has 3 nitrogen and oxygen atoms in total. The second-order valence-corrected chi connectivity index (χ2v) is 7.31. The third-order valence-corrected chi connectivity index (χ3v) is 4.13. The van der Waals surface area contributed by atoms with Gasteiger partial charge in [0.2, 0.25) is 0 Å². The van der Waals surface area contributed by atoms with Crippen LogP contribution in [0.1, 0.15) is 38.7 Å². The van der Waals surface area contributed by atoms with E-state index in [1.54, 1.807) is 4.90 Å². The molecule has 1 aliphatic heterocycles. The second kappa shape index (κ2) is 4.23. The molecule has 2 atom stereocenters. The van der Waals surface area contributed by atoms with Crippen molar-refractivity contribution < 1.29 is 9.53 Å². The first kappa shape index (κ1) is 13.0. The standard InChI is InChI=1S/C15H18BrNO2/c1-15(2,3)19-14(18)17-8-9-6-11(9)12-7-10(16)4-5-13(12)17/h4-5,7,9,11H,6,8H2,1-3H3.